The lowest BCUT2D eigenvalue weighted by molar-refractivity contribution is -0.120. The number of urea groups is 1. The summed E-state index contributed by atoms with van der Waals surface area (Å²) in [6.45, 7) is 0. The second kappa shape index (κ2) is 2.70. The van der Waals surface area contributed by atoms with Crippen molar-refractivity contribution in [3.63, 3.8) is 0 Å². The van der Waals surface area contributed by atoms with Crippen LogP contribution in [0.5, 0.6) is 0 Å². The fraction of sp³-hybridized carbons (Fsp3) is 0.333. The summed E-state index contributed by atoms with van der Waals surface area (Å²) in [5, 5.41) is 4.53. The van der Waals surface area contributed by atoms with E-state index in [1.165, 1.54) is 0 Å². The second-order valence-corrected chi connectivity index (χ2v) is 3.93. The summed E-state index contributed by atoms with van der Waals surface area (Å²) >= 11 is 1.82. The minimum Gasteiger partial charge on any atom is -0.314 e. The van der Waals surface area contributed by atoms with Gasteiger partial charge in [0.05, 0.1) is 6.42 Å². The molecule has 58 valence electrons. The normalized spacial score (nSPS) is 29.1. The van der Waals surface area contributed by atoms with Gasteiger partial charge in [-0.25, -0.2) is 4.79 Å². The third-order valence-corrected chi connectivity index (χ3v) is 2.39. The highest BCUT2D eigenvalue weighted by Gasteiger charge is 2.43. The minimum absolute atomic E-state index is 0.200. The first-order chi connectivity index (χ1) is 5.08. The molecular weight excluding hydrogens is 259 g/mol. The highest BCUT2D eigenvalue weighted by molar-refractivity contribution is 14.1. The number of imide groups is 1. The van der Waals surface area contributed by atoms with Crippen molar-refractivity contribution in [2.45, 2.75) is 9.97 Å². The first-order valence-electron chi connectivity index (χ1n) is 2.84. The van der Waals surface area contributed by atoms with E-state index in [9.17, 15) is 9.59 Å². The molecule has 0 bridgehead atoms. The monoisotopic (exact) mass is 264 g/mol. The predicted molar refractivity (Wildman–Crippen MR) is 46.9 cm³/mol. The predicted octanol–water partition coefficient (Wildman–Crippen LogP) is -0.0196. The van der Waals surface area contributed by atoms with Crippen LogP contribution < -0.4 is 10.6 Å². The van der Waals surface area contributed by atoms with E-state index in [0.29, 0.717) is 0 Å². The third kappa shape index (κ3) is 1.45. The van der Waals surface area contributed by atoms with Crippen LogP contribution in [0.25, 0.3) is 0 Å². The Labute approximate surface area is 77.2 Å². The molecule has 0 radical (unpaired) electrons. The molecule has 0 spiro atoms. The van der Waals surface area contributed by atoms with Crippen LogP contribution in [0.4, 0.5) is 4.79 Å². The van der Waals surface area contributed by atoms with Crippen molar-refractivity contribution in [3.05, 3.63) is 0 Å². The van der Waals surface area contributed by atoms with Gasteiger partial charge in [-0.05, 0) is 22.6 Å². The third-order valence-electron chi connectivity index (χ3n) is 1.24. The number of nitrogens with one attached hydrogen (secondary N) is 2. The van der Waals surface area contributed by atoms with Gasteiger partial charge in [0.15, 0.2) is 3.55 Å². The summed E-state index contributed by atoms with van der Waals surface area (Å²) in [7, 11) is 0. The molecule has 0 saturated carbocycles. The SMILES string of the molecule is C#CCC1(I)NC(=O)NC1=O. The van der Waals surface area contributed by atoms with Crippen molar-refractivity contribution in [3.8, 4) is 12.3 Å². The van der Waals surface area contributed by atoms with E-state index in [1.54, 1.807) is 0 Å². The van der Waals surface area contributed by atoms with Gasteiger partial charge < -0.3 is 5.32 Å². The fourth-order valence-corrected chi connectivity index (χ4v) is 1.34. The Hall–Kier alpha value is -0.770. The zero-order valence-electron chi connectivity index (χ0n) is 5.48. The van der Waals surface area contributed by atoms with Crippen LogP contribution in [-0.2, 0) is 4.79 Å². The Kier molecular flexibility index (Phi) is 2.04. The van der Waals surface area contributed by atoms with E-state index in [0.717, 1.165) is 0 Å². The molecule has 1 atom stereocenters. The molecule has 1 aliphatic heterocycles. The number of hydrogen-bond donors (Lipinski definition) is 2. The second-order valence-electron chi connectivity index (χ2n) is 2.09. The van der Waals surface area contributed by atoms with Crippen LogP contribution >= 0.6 is 22.6 Å². The Morgan fingerprint density at radius 2 is 2.27 bits per heavy atom. The van der Waals surface area contributed by atoms with Gasteiger partial charge in [-0.1, -0.05) is 0 Å². The van der Waals surface area contributed by atoms with Crippen LogP contribution in [0.2, 0.25) is 0 Å². The van der Waals surface area contributed by atoms with Crippen LogP contribution in [0.3, 0.4) is 0 Å². The maximum Gasteiger partial charge on any atom is 0.323 e. The van der Waals surface area contributed by atoms with Gasteiger partial charge in [0.2, 0.25) is 0 Å². The molecule has 0 aromatic heterocycles. The number of terminal acetylenes is 1. The smallest absolute Gasteiger partial charge is 0.314 e. The van der Waals surface area contributed by atoms with Gasteiger partial charge in [0.25, 0.3) is 5.91 Å². The van der Waals surface area contributed by atoms with E-state index < -0.39 is 9.58 Å². The van der Waals surface area contributed by atoms with Gasteiger partial charge >= 0.3 is 6.03 Å². The first kappa shape index (κ1) is 8.33. The molecule has 1 heterocycles. The molecule has 1 saturated heterocycles. The molecule has 3 amide bonds. The maximum atomic E-state index is 11.0. The zero-order chi connectivity index (χ0) is 8.48. The number of hydrogen-bond acceptors (Lipinski definition) is 2. The van der Waals surface area contributed by atoms with Gasteiger partial charge in [0, 0.05) is 0 Å². The molecular formula is C6H5IN2O2. The molecule has 2 N–H and O–H groups in total. The number of carbonyl (C=O) groups excluding carboxylic acids is 2. The molecule has 5 heteroatoms. The van der Waals surface area contributed by atoms with E-state index >= 15 is 0 Å². The van der Waals surface area contributed by atoms with Crippen LogP contribution in [0, 0.1) is 12.3 Å². The zero-order valence-corrected chi connectivity index (χ0v) is 7.64. The van der Waals surface area contributed by atoms with E-state index in [2.05, 4.69) is 16.6 Å². The highest BCUT2D eigenvalue weighted by atomic mass is 127. The van der Waals surface area contributed by atoms with Crippen LogP contribution in [0.1, 0.15) is 6.42 Å². The number of carbonyl (C=O) groups is 2. The summed E-state index contributed by atoms with van der Waals surface area (Å²) in [6.07, 6.45) is 5.21. The van der Waals surface area contributed by atoms with E-state index in [4.69, 9.17) is 6.42 Å². The van der Waals surface area contributed by atoms with Crippen molar-refractivity contribution < 1.29 is 9.59 Å². The summed E-state index contributed by atoms with van der Waals surface area (Å²) in [4.78, 5) is 21.6. The number of alkyl halides is 1. The molecule has 1 rings (SSSR count). The lowest BCUT2D eigenvalue weighted by atomic mass is 10.2. The lowest BCUT2D eigenvalue weighted by Gasteiger charge is -2.13. The van der Waals surface area contributed by atoms with E-state index in [1.807, 2.05) is 22.6 Å². The molecule has 0 aromatic carbocycles. The first-order valence-corrected chi connectivity index (χ1v) is 3.92. The standard InChI is InChI=1S/C6H5IN2O2/c1-2-3-6(7)4(10)8-5(11)9-6/h1H,3H2,(H2,8,9,10,11). The van der Waals surface area contributed by atoms with Crippen LogP contribution in [-0.4, -0.2) is 15.5 Å². The molecule has 4 nitrogen and oxygen atoms in total. The summed E-state index contributed by atoms with van der Waals surface area (Å²) in [6, 6.07) is -0.486. The average Bonchev–Trinajstić information content (AvgIpc) is 2.08. The molecule has 1 aliphatic rings. The Morgan fingerprint density at radius 1 is 1.64 bits per heavy atom. The topological polar surface area (TPSA) is 58.2 Å². The van der Waals surface area contributed by atoms with Crippen LogP contribution in [0.15, 0.2) is 0 Å². The Morgan fingerprint density at radius 3 is 2.64 bits per heavy atom. The maximum absolute atomic E-state index is 11.0. The van der Waals surface area contributed by atoms with Crippen molar-refractivity contribution in [1.29, 1.82) is 0 Å². The van der Waals surface area contributed by atoms with Crippen molar-refractivity contribution in [2.24, 2.45) is 0 Å². The van der Waals surface area contributed by atoms with E-state index in [-0.39, 0.29) is 12.3 Å². The lowest BCUT2D eigenvalue weighted by Crippen LogP contribution is -2.39. The minimum atomic E-state index is -0.941. The summed E-state index contributed by atoms with van der Waals surface area (Å²) in [5.74, 6) is 1.94. The Bertz CT molecular complexity index is 258. The van der Waals surface area contributed by atoms with Gasteiger partial charge in [-0.2, -0.15) is 0 Å². The molecule has 1 fully saturated rings. The largest absolute Gasteiger partial charge is 0.323 e. The quantitative estimate of drug-likeness (QED) is 0.230. The Balaban J connectivity index is 2.80. The fourth-order valence-electron chi connectivity index (χ4n) is 0.735. The van der Waals surface area contributed by atoms with Gasteiger partial charge in [-0.15, -0.1) is 12.3 Å². The molecule has 11 heavy (non-hydrogen) atoms. The molecule has 0 aliphatic carbocycles. The summed E-state index contributed by atoms with van der Waals surface area (Å²) < 4.78 is -0.941. The number of rotatable bonds is 1. The summed E-state index contributed by atoms with van der Waals surface area (Å²) in [5.41, 5.74) is 0. The van der Waals surface area contributed by atoms with Crippen molar-refractivity contribution in [1.82, 2.24) is 10.6 Å². The molecule has 1 unspecified atom stereocenters. The average molecular weight is 264 g/mol. The van der Waals surface area contributed by atoms with Crippen molar-refractivity contribution in [2.75, 3.05) is 0 Å². The van der Waals surface area contributed by atoms with Gasteiger partial charge in [0.1, 0.15) is 0 Å². The number of amides is 3. The van der Waals surface area contributed by atoms with Crippen molar-refractivity contribution >= 4 is 34.5 Å². The highest BCUT2D eigenvalue weighted by Crippen LogP contribution is 2.22. The molecule has 0 aromatic rings. The van der Waals surface area contributed by atoms with Gasteiger partial charge in [-0.3, -0.25) is 10.1 Å². The number of halogens is 1.